The van der Waals surface area contributed by atoms with E-state index in [0.29, 0.717) is 5.41 Å². The van der Waals surface area contributed by atoms with Crippen LogP contribution in [0.25, 0.3) is 0 Å². The summed E-state index contributed by atoms with van der Waals surface area (Å²) in [5.74, 6) is 1.03. The summed E-state index contributed by atoms with van der Waals surface area (Å²) in [5.41, 5.74) is 2.00. The minimum Gasteiger partial charge on any atom is -0.298 e. The molecule has 0 amide bonds. The molecule has 0 aromatic carbocycles. The van der Waals surface area contributed by atoms with Crippen LogP contribution in [-0.2, 0) is 13.0 Å². The standard InChI is InChI=1S/C16H27NS2/c1-3-7-16(13-18,8-4-2)12-17-9-5-15-14(11-17)6-10-19-15/h6,10,18H,3-5,7-9,11-13H2,1-2H3. The first kappa shape index (κ1) is 15.4. The van der Waals surface area contributed by atoms with Crippen molar-refractivity contribution in [3.05, 3.63) is 21.9 Å². The Balaban J connectivity index is 2.02. The van der Waals surface area contributed by atoms with Gasteiger partial charge >= 0.3 is 0 Å². The van der Waals surface area contributed by atoms with Crippen LogP contribution in [0.3, 0.4) is 0 Å². The average Bonchev–Trinajstić information content (AvgIpc) is 2.86. The van der Waals surface area contributed by atoms with Gasteiger partial charge in [-0.15, -0.1) is 11.3 Å². The molecule has 0 atom stereocenters. The molecule has 0 N–H and O–H groups in total. The molecule has 3 heteroatoms. The molecule has 1 aliphatic rings. The molecule has 0 saturated heterocycles. The minimum atomic E-state index is 0.431. The fourth-order valence-electron chi connectivity index (χ4n) is 3.47. The number of fused-ring (bicyclic) bond motifs is 1. The van der Waals surface area contributed by atoms with E-state index in [1.54, 1.807) is 10.4 Å². The topological polar surface area (TPSA) is 3.24 Å². The summed E-state index contributed by atoms with van der Waals surface area (Å²) in [7, 11) is 0. The van der Waals surface area contributed by atoms with Crippen molar-refractivity contribution in [2.45, 2.75) is 52.5 Å². The van der Waals surface area contributed by atoms with Crippen LogP contribution in [0.15, 0.2) is 11.4 Å². The van der Waals surface area contributed by atoms with Crippen LogP contribution in [-0.4, -0.2) is 23.7 Å². The lowest BCUT2D eigenvalue weighted by Crippen LogP contribution is -2.41. The van der Waals surface area contributed by atoms with Crippen molar-refractivity contribution >= 4 is 24.0 Å². The first-order valence-electron chi connectivity index (χ1n) is 7.61. The van der Waals surface area contributed by atoms with Crippen LogP contribution in [0.2, 0.25) is 0 Å². The summed E-state index contributed by atoms with van der Waals surface area (Å²) in [6, 6.07) is 2.31. The van der Waals surface area contributed by atoms with Gasteiger partial charge in [0.25, 0.3) is 0 Å². The molecule has 1 aromatic heterocycles. The molecule has 108 valence electrons. The number of thiol groups is 1. The fraction of sp³-hybridized carbons (Fsp3) is 0.750. The van der Waals surface area contributed by atoms with Gasteiger partial charge in [0, 0.05) is 24.5 Å². The zero-order chi connectivity index (χ0) is 13.7. The second-order valence-electron chi connectivity index (χ2n) is 5.99. The van der Waals surface area contributed by atoms with Gasteiger partial charge in [-0.25, -0.2) is 0 Å². The molecule has 0 radical (unpaired) electrons. The minimum absolute atomic E-state index is 0.431. The highest BCUT2D eigenvalue weighted by Gasteiger charge is 2.30. The van der Waals surface area contributed by atoms with Crippen molar-refractivity contribution in [3.8, 4) is 0 Å². The molecule has 1 nitrogen and oxygen atoms in total. The van der Waals surface area contributed by atoms with E-state index < -0.39 is 0 Å². The Morgan fingerprint density at radius 3 is 2.68 bits per heavy atom. The summed E-state index contributed by atoms with van der Waals surface area (Å²) in [6.45, 7) is 8.23. The second-order valence-corrected chi connectivity index (χ2v) is 7.30. The fourth-order valence-corrected chi connectivity index (χ4v) is 4.77. The highest BCUT2D eigenvalue weighted by molar-refractivity contribution is 7.80. The van der Waals surface area contributed by atoms with Gasteiger partial charge < -0.3 is 0 Å². The van der Waals surface area contributed by atoms with E-state index >= 15 is 0 Å². The summed E-state index contributed by atoms with van der Waals surface area (Å²) in [5, 5.41) is 2.25. The van der Waals surface area contributed by atoms with Crippen LogP contribution in [0.1, 0.15) is 50.0 Å². The summed E-state index contributed by atoms with van der Waals surface area (Å²) < 4.78 is 0. The van der Waals surface area contributed by atoms with Crippen molar-refractivity contribution < 1.29 is 0 Å². The molecule has 0 spiro atoms. The maximum atomic E-state index is 4.69. The van der Waals surface area contributed by atoms with E-state index in [0.717, 1.165) is 12.3 Å². The van der Waals surface area contributed by atoms with Gasteiger partial charge in [0.15, 0.2) is 0 Å². The molecule has 2 heterocycles. The van der Waals surface area contributed by atoms with Crippen LogP contribution < -0.4 is 0 Å². The number of rotatable bonds is 7. The van der Waals surface area contributed by atoms with Gasteiger partial charge in [0.05, 0.1) is 0 Å². The number of hydrogen-bond donors (Lipinski definition) is 1. The first-order chi connectivity index (χ1) is 9.23. The highest BCUT2D eigenvalue weighted by atomic mass is 32.1. The molecule has 0 bridgehead atoms. The number of hydrogen-bond acceptors (Lipinski definition) is 3. The normalized spacial score (nSPS) is 16.6. The Bertz CT molecular complexity index is 380. The Kier molecular flexibility index (Phi) is 5.79. The lowest BCUT2D eigenvalue weighted by molar-refractivity contribution is 0.136. The number of nitrogens with zero attached hydrogens (tertiary/aromatic N) is 1. The quantitative estimate of drug-likeness (QED) is 0.719. The third kappa shape index (κ3) is 3.77. The second kappa shape index (κ2) is 7.14. The van der Waals surface area contributed by atoms with Crippen molar-refractivity contribution in [2.75, 3.05) is 18.8 Å². The Morgan fingerprint density at radius 1 is 1.32 bits per heavy atom. The largest absolute Gasteiger partial charge is 0.298 e. The lowest BCUT2D eigenvalue weighted by atomic mass is 9.80. The van der Waals surface area contributed by atoms with Crippen LogP contribution in [0.5, 0.6) is 0 Å². The molecule has 19 heavy (non-hydrogen) atoms. The predicted octanol–water partition coefficient (Wildman–Crippen LogP) is 4.62. The molecule has 1 aromatic rings. The van der Waals surface area contributed by atoms with E-state index in [1.807, 2.05) is 11.3 Å². The molecule has 0 unspecified atom stereocenters. The van der Waals surface area contributed by atoms with Crippen molar-refractivity contribution in [3.63, 3.8) is 0 Å². The maximum absolute atomic E-state index is 4.69. The molecular formula is C16H27NS2. The smallest absolute Gasteiger partial charge is 0.0245 e. The Morgan fingerprint density at radius 2 is 2.05 bits per heavy atom. The van der Waals surface area contributed by atoms with Crippen molar-refractivity contribution in [1.82, 2.24) is 4.90 Å². The van der Waals surface area contributed by atoms with E-state index in [9.17, 15) is 0 Å². The van der Waals surface area contributed by atoms with Gasteiger partial charge in [-0.2, -0.15) is 12.6 Å². The van der Waals surface area contributed by atoms with Gasteiger partial charge in [-0.1, -0.05) is 26.7 Å². The molecule has 2 rings (SSSR count). The average molecular weight is 298 g/mol. The summed E-state index contributed by atoms with van der Waals surface area (Å²) >= 11 is 6.62. The van der Waals surface area contributed by atoms with Crippen molar-refractivity contribution in [2.24, 2.45) is 5.41 Å². The first-order valence-corrected chi connectivity index (χ1v) is 9.12. The Labute approximate surface area is 127 Å². The summed E-state index contributed by atoms with van der Waals surface area (Å²) in [6.07, 6.45) is 6.43. The molecule has 1 aliphatic heterocycles. The molecular weight excluding hydrogens is 270 g/mol. The van der Waals surface area contributed by atoms with E-state index in [2.05, 4.69) is 42.8 Å². The number of thiophene rings is 1. The van der Waals surface area contributed by atoms with Crippen LogP contribution in [0.4, 0.5) is 0 Å². The van der Waals surface area contributed by atoms with Crippen molar-refractivity contribution in [1.29, 1.82) is 0 Å². The summed E-state index contributed by atoms with van der Waals surface area (Å²) in [4.78, 5) is 4.27. The third-order valence-electron chi connectivity index (χ3n) is 4.34. The van der Waals surface area contributed by atoms with Gasteiger partial charge in [-0.05, 0) is 47.4 Å². The maximum Gasteiger partial charge on any atom is 0.0245 e. The lowest BCUT2D eigenvalue weighted by Gasteiger charge is -2.39. The molecule has 0 saturated carbocycles. The van der Waals surface area contributed by atoms with E-state index in [-0.39, 0.29) is 0 Å². The zero-order valence-corrected chi connectivity index (χ0v) is 14.0. The molecule has 0 fully saturated rings. The van der Waals surface area contributed by atoms with E-state index in [1.165, 1.54) is 45.2 Å². The zero-order valence-electron chi connectivity index (χ0n) is 12.3. The predicted molar refractivity (Wildman–Crippen MR) is 89.4 cm³/mol. The monoisotopic (exact) mass is 297 g/mol. The van der Waals surface area contributed by atoms with E-state index in [4.69, 9.17) is 0 Å². The Hall–Kier alpha value is 0.0100. The van der Waals surface area contributed by atoms with Crippen LogP contribution in [0, 0.1) is 5.41 Å². The third-order valence-corrected chi connectivity index (χ3v) is 6.04. The van der Waals surface area contributed by atoms with Gasteiger partial charge in [0.2, 0.25) is 0 Å². The van der Waals surface area contributed by atoms with Crippen LogP contribution >= 0.6 is 24.0 Å². The van der Waals surface area contributed by atoms with Gasteiger partial charge in [-0.3, -0.25) is 4.90 Å². The molecule has 0 aliphatic carbocycles. The SMILES string of the molecule is CCCC(CS)(CCC)CN1CCc2sccc2C1. The van der Waals surface area contributed by atoms with Gasteiger partial charge in [0.1, 0.15) is 0 Å². The highest BCUT2D eigenvalue weighted by Crippen LogP contribution is 2.34.